The normalized spacial score (nSPS) is 28.2. The summed E-state index contributed by atoms with van der Waals surface area (Å²) in [6, 6.07) is 0. The first kappa shape index (κ1) is 8.20. The Labute approximate surface area is 64.5 Å². The van der Waals surface area contributed by atoms with E-state index in [2.05, 4.69) is 0 Å². The number of carbonyl (C=O) groups excluding carboxylic acids is 2. The minimum absolute atomic E-state index is 0.0717. The molecule has 1 aliphatic heterocycles. The van der Waals surface area contributed by atoms with E-state index in [1.807, 2.05) is 0 Å². The Bertz CT molecular complexity index is 185. The molecular formula is C7H10O4. The molecule has 4 heteroatoms. The quantitative estimate of drug-likeness (QED) is 0.427. The lowest BCUT2D eigenvalue weighted by molar-refractivity contribution is -0.160. The van der Waals surface area contributed by atoms with E-state index in [9.17, 15) is 9.59 Å². The highest BCUT2D eigenvalue weighted by Crippen LogP contribution is 2.24. The highest BCUT2D eigenvalue weighted by atomic mass is 16.8. The fourth-order valence-corrected chi connectivity index (χ4v) is 0.954. The van der Waals surface area contributed by atoms with E-state index in [-0.39, 0.29) is 6.42 Å². The zero-order valence-corrected chi connectivity index (χ0v) is 6.49. The molecular weight excluding hydrogens is 148 g/mol. The van der Waals surface area contributed by atoms with Crippen LogP contribution >= 0.6 is 0 Å². The Hall–Kier alpha value is -0.900. The van der Waals surface area contributed by atoms with Crippen molar-refractivity contribution in [2.24, 2.45) is 0 Å². The lowest BCUT2D eigenvalue weighted by Gasteiger charge is -2.14. The standard InChI is InChI=1S/C7H10O4/c1-7(2)10-5(3-4-8)6(9)11-7/h4-5H,3H2,1-2H3/t5-/m0/s1. The maximum absolute atomic E-state index is 10.9. The molecule has 1 saturated heterocycles. The predicted octanol–water partition coefficient (Wildman–Crippen LogP) is 0.254. The first-order valence-corrected chi connectivity index (χ1v) is 3.39. The summed E-state index contributed by atoms with van der Waals surface area (Å²) in [5, 5.41) is 0. The van der Waals surface area contributed by atoms with Crippen LogP contribution in [0.3, 0.4) is 0 Å². The maximum atomic E-state index is 10.9. The van der Waals surface area contributed by atoms with Gasteiger partial charge in [0.15, 0.2) is 6.10 Å². The van der Waals surface area contributed by atoms with Crippen molar-refractivity contribution in [3.8, 4) is 0 Å². The molecule has 0 N–H and O–H groups in total. The molecule has 0 radical (unpaired) electrons. The van der Waals surface area contributed by atoms with E-state index in [1.165, 1.54) is 0 Å². The minimum Gasteiger partial charge on any atom is -0.432 e. The molecule has 62 valence electrons. The van der Waals surface area contributed by atoms with Gasteiger partial charge in [-0.1, -0.05) is 0 Å². The van der Waals surface area contributed by atoms with E-state index < -0.39 is 17.9 Å². The average molecular weight is 158 g/mol. The molecule has 0 aromatic heterocycles. The van der Waals surface area contributed by atoms with Crippen LogP contribution < -0.4 is 0 Å². The lowest BCUT2D eigenvalue weighted by Crippen LogP contribution is -2.21. The number of hydrogen-bond acceptors (Lipinski definition) is 4. The third-order valence-electron chi connectivity index (χ3n) is 1.35. The van der Waals surface area contributed by atoms with Crippen LogP contribution in [-0.2, 0) is 19.1 Å². The Morgan fingerprint density at radius 2 is 2.27 bits per heavy atom. The second-order valence-corrected chi connectivity index (χ2v) is 2.83. The molecule has 1 fully saturated rings. The average Bonchev–Trinajstić information content (AvgIpc) is 2.07. The molecule has 0 spiro atoms. The molecule has 11 heavy (non-hydrogen) atoms. The molecule has 1 aliphatic rings. The van der Waals surface area contributed by atoms with Crippen molar-refractivity contribution >= 4 is 12.3 Å². The number of aldehydes is 1. The zero-order chi connectivity index (χ0) is 8.48. The molecule has 0 aromatic carbocycles. The molecule has 0 saturated carbocycles. The molecule has 1 atom stereocenters. The van der Waals surface area contributed by atoms with Crippen LogP contribution in [-0.4, -0.2) is 24.1 Å². The summed E-state index contributed by atoms with van der Waals surface area (Å²) in [6.45, 7) is 3.27. The summed E-state index contributed by atoms with van der Waals surface area (Å²) in [5.74, 6) is -1.33. The second-order valence-electron chi connectivity index (χ2n) is 2.83. The fraction of sp³-hybridized carbons (Fsp3) is 0.714. The first-order chi connectivity index (χ1) is 5.05. The lowest BCUT2D eigenvalue weighted by atomic mass is 10.3. The van der Waals surface area contributed by atoms with Crippen LogP contribution in [0, 0.1) is 0 Å². The largest absolute Gasteiger partial charge is 0.432 e. The van der Waals surface area contributed by atoms with Crippen LogP contribution in [0.5, 0.6) is 0 Å². The fourth-order valence-electron chi connectivity index (χ4n) is 0.954. The van der Waals surface area contributed by atoms with E-state index in [0.29, 0.717) is 6.29 Å². The summed E-state index contributed by atoms with van der Waals surface area (Å²) in [6.07, 6.45) is 0.0118. The van der Waals surface area contributed by atoms with Crippen molar-refractivity contribution in [1.29, 1.82) is 0 Å². The number of rotatable bonds is 2. The van der Waals surface area contributed by atoms with Crippen molar-refractivity contribution < 1.29 is 19.1 Å². The van der Waals surface area contributed by atoms with Gasteiger partial charge in [-0.15, -0.1) is 0 Å². The van der Waals surface area contributed by atoms with Gasteiger partial charge in [0.25, 0.3) is 0 Å². The van der Waals surface area contributed by atoms with Gasteiger partial charge in [0, 0.05) is 20.3 Å². The van der Waals surface area contributed by atoms with Crippen molar-refractivity contribution in [2.75, 3.05) is 0 Å². The number of esters is 1. The van der Waals surface area contributed by atoms with Crippen LogP contribution in [0.4, 0.5) is 0 Å². The maximum Gasteiger partial charge on any atom is 0.338 e. The van der Waals surface area contributed by atoms with Gasteiger partial charge in [-0.05, 0) is 0 Å². The predicted molar refractivity (Wildman–Crippen MR) is 35.7 cm³/mol. The number of hydrogen-bond donors (Lipinski definition) is 0. The van der Waals surface area contributed by atoms with Crippen molar-refractivity contribution in [1.82, 2.24) is 0 Å². The minimum atomic E-state index is -0.870. The molecule has 0 aliphatic carbocycles. The van der Waals surface area contributed by atoms with Crippen LogP contribution in [0.25, 0.3) is 0 Å². The molecule has 1 heterocycles. The third kappa shape index (κ3) is 1.77. The van der Waals surface area contributed by atoms with Crippen molar-refractivity contribution in [2.45, 2.75) is 32.2 Å². The molecule has 0 amide bonds. The summed E-state index contributed by atoms with van der Waals surface area (Å²) < 4.78 is 9.89. The topological polar surface area (TPSA) is 52.6 Å². The Kier molecular flexibility index (Phi) is 1.95. The summed E-state index contributed by atoms with van der Waals surface area (Å²) >= 11 is 0. The summed E-state index contributed by atoms with van der Waals surface area (Å²) in [7, 11) is 0. The van der Waals surface area contributed by atoms with Gasteiger partial charge < -0.3 is 14.3 Å². The molecule has 0 aromatic rings. The van der Waals surface area contributed by atoms with Gasteiger partial charge in [0.2, 0.25) is 5.79 Å². The Morgan fingerprint density at radius 1 is 1.64 bits per heavy atom. The first-order valence-electron chi connectivity index (χ1n) is 3.39. The van der Waals surface area contributed by atoms with Crippen LogP contribution in [0.15, 0.2) is 0 Å². The SMILES string of the molecule is CC1(C)OC(=O)[C@H](CC=O)O1. The Morgan fingerprint density at radius 3 is 2.64 bits per heavy atom. The van der Waals surface area contributed by atoms with Gasteiger partial charge in [-0.25, -0.2) is 4.79 Å². The van der Waals surface area contributed by atoms with E-state index in [4.69, 9.17) is 9.47 Å². The Balaban J connectivity index is 2.59. The van der Waals surface area contributed by atoms with E-state index >= 15 is 0 Å². The zero-order valence-electron chi connectivity index (χ0n) is 6.49. The third-order valence-corrected chi connectivity index (χ3v) is 1.35. The molecule has 0 unspecified atom stereocenters. The smallest absolute Gasteiger partial charge is 0.338 e. The second kappa shape index (κ2) is 2.62. The number of ether oxygens (including phenoxy) is 2. The molecule has 1 rings (SSSR count). The van der Waals surface area contributed by atoms with Gasteiger partial charge in [0.05, 0.1) is 0 Å². The number of carbonyl (C=O) groups is 2. The van der Waals surface area contributed by atoms with Crippen molar-refractivity contribution in [3.63, 3.8) is 0 Å². The van der Waals surface area contributed by atoms with Crippen LogP contribution in [0.2, 0.25) is 0 Å². The highest BCUT2D eigenvalue weighted by molar-refractivity contribution is 5.79. The summed E-state index contributed by atoms with van der Waals surface area (Å²) in [5.41, 5.74) is 0. The highest BCUT2D eigenvalue weighted by Gasteiger charge is 2.40. The van der Waals surface area contributed by atoms with Gasteiger partial charge in [0.1, 0.15) is 6.29 Å². The van der Waals surface area contributed by atoms with Gasteiger partial charge in [-0.3, -0.25) is 0 Å². The van der Waals surface area contributed by atoms with E-state index in [1.54, 1.807) is 13.8 Å². The molecule has 0 bridgehead atoms. The monoisotopic (exact) mass is 158 g/mol. The summed E-state index contributed by atoms with van der Waals surface area (Å²) in [4.78, 5) is 20.9. The van der Waals surface area contributed by atoms with E-state index in [0.717, 1.165) is 0 Å². The molecule has 4 nitrogen and oxygen atoms in total. The van der Waals surface area contributed by atoms with Gasteiger partial charge in [-0.2, -0.15) is 0 Å². The number of cyclic esters (lactones) is 1. The van der Waals surface area contributed by atoms with Gasteiger partial charge >= 0.3 is 5.97 Å². The van der Waals surface area contributed by atoms with Crippen LogP contribution in [0.1, 0.15) is 20.3 Å². The van der Waals surface area contributed by atoms with Crippen molar-refractivity contribution in [3.05, 3.63) is 0 Å².